The highest BCUT2D eigenvalue weighted by atomic mass is 35.5. The van der Waals surface area contributed by atoms with Gasteiger partial charge in [0.15, 0.2) is 0 Å². The topological polar surface area (TPSA) is 45.2 Å². The first-order chi connectivity index (χ1) is 10.7. The highest BCUT2D eigenvalue weighted by molar-refractivity contribution is 6.31. The van der Waals surface area contributed by atoms with Crippen molar-refractivity contribution in [1.29, 1.82) is 0 Å². The van der Waals surface area contributed by atoms with Crippen molar-refractivity contribution in [2.75, 3.05) is 13.1 Å². The summed E-state index contributed by atoms with van der Waals surface area (Å²) in [6.07, 6.45) is 3.22. The lowest BCUT2D eigenvalue weighted by Gasteiger charge is -2.27. The van der Waals surface area contributed by atoms with Gasteiger partial charge in [-0.3, -0.25) is 4.79 Å². The number of hydrogen-bond acceptors (Lipinski definition) is 3. The minimum atomic E-state index is 0. The first-order valence-corrected chi connectivity index (χ1v) is 8.20. The quantitative estimate of drug-likeness (QED) is 0.810. The second-order valence-corrected chi connectivity index (χ2v) is 6.56. The Morgan fingerprint density at radius 3 is 2.71 bits per heavy atom. The van der Waals surface area contributed by atoms with Crippen molar-refractivity contribution in [3.05, 3.63) is 41.0 Å². The van der Waals surface area contributed by atoms with Gasteiger partial charge in [-0.15, -0.1) is 24.8 Å². The molecule has 7 heteroatoms. The maximum Gasteiger partial charge on any atom is 0.273 e. The van der Waals surface area contributed by atoms with E-state index in [0.29, 0.717) is 22.8 Å². The number of carbonyl (C=O) groups is 1. The second-order valence-electron chi connectivity index (χ2n) is 6.12. The van der Waals surface area contributed by atoms with E-state index >= 15 is 0 Å². The summed E-state index contributed by atoms with van der Waals surface area (Å²) in [5.74, 6) is 0.0538. The predicted molar refractivity (Wildman–Crippen MR) is 102 cm³/mol. The second kappa shape index (κ2) is 7.87. The summed E-state index contributed by atoms with van der Waals surface area (Å²) in [5.41, 5.74) is 1.30. The molecule has 3 heterocycles. The van der Waals surface area contributed by atoms with Crippen molar-refractivity contribution in [1.82, 2.24) is 15.2 Å². The number of amides is 1. The summed E-state index contributed by atoms with van der Waals surface area (Å²) >= 11 is 6.03. The molecule has 2 bridgehead atoms. The number of fused-ring (bicyclic) bond motifs is 3. The standard InChI is InChI=1S/C17H18ClN3O.2ClH/c18-12-3-1-11-2-6-15(20-16(11)9-12)17(22)21-13-4-5-14(21)10-19-8-7-13;;/h1-3,6,9,13-14,19H,4-5,7-8,10H2;2*1H. The van der Waals surface area contributed by atoms with Crippen molar-refractivity contribution in [3.63, 3.8) is 0 Å². The molecule has 1 amide bonds. The van der Waals surface area contributed by atoms with Crippen LogP contribution in [0.1, 0.15) is 29.8 Å². The van der Waals surface area contributed by atoms with Crippen molar-refractivity contribution in [2.24, 2.45) is 0 Å². The Morgan fingerprint density at radius 1 is 1.12 bits per heavy atom. The van der Waals surface area contributed by atoms with Gasteiger partial charge in [0.05, 0.1) is 5.52 Å². The zero-order valence-corrected chi connectivity index (χ0v) is 15.5. The van der Waals surface area contributed by atoms with Crippen LogP contribution >= 0.6 is 36.4 Å². The molecule has 130 valence electrons. The number of halogens is 3. The molecule has 2 aromatic rings. The lowest BCUT2D eigenvalue weighted by atomic mass is 10.1. The minimum Gasteiger partial charge on any atom is -0.330 e. The molecule has 2 aliphatic rings. The zero-order valence-electron chi connectivity index (χ0n) is 13.1. The molecule has 4 nitrogen and oxygen atoms in total. The molecule has 1 aromatic carbocycles. The molecule has 2 fully saturated rings. The van der Waals surface area contributed by atoms with Gasteiger partial charge in [-0.05, 0) is 44.0 Å². The van der Waals surface area contributed by atoms with Crippen LogP contribution in [0.5, 0.6) is 0 Å². The van der Waals surface area contributed by atoms with E-state index in [2.05, 4.69) is 15.2 Å². The number of nitrogens with one attached hydrogen (secondary N) is 1. The summed E-state index contributed by atoms with van der Waals surface area (Å²) in [6, 6.07) is 10.0. The highest BCUT2D eigenvalue weighted by Crippen LogP contribution is 2.29. The maximum atomic E-state index is 12.9. The highest BCUT2D eigenvalue weighted by Gasteiger charge is 2.38. The van der Waals surface area contributed by atoms with E-state index in [-0.39, 0.29) is 30.7 Å². The third-order valence-electron chi connectivity index (χ3n) is 4.76. The molecule has 2 saturated heterocycles. The van der Waals surface area contributed by atoms with Crippen LogP contribution in [-0.2, 0) is 0 Å². The van der Waals surface area contributed by atoms with Crippen LogP contribution < -0.4 is 5.32 Å². The van der Waals surface area contributed by atoms with Gasteiger partial charge < -0.3 is 10.2 Å². The number of hydrogen-bond donors (Lipinski definition) is 1. The molecule has 0 spiro atoms. The van der Waals surface area contributed by atoms with E-state index < -0.39 is 0 Å². The van der Waals surface area contributed by atoms with E-state index in [4.69, 9.17) is 11.6 Å². The first kappa shape index (κ1) is 19.3. The number of benzene rings is 1. The number of aromatic nitrogens is 1. The molecule has 1 N–H and O–H groups in total. The predicted octanol–water partition coefficient (Wildman–Crippen LogP) is 3.70. The Bertz CT molecular complexity index is 726. The molecule has 0 radical (unpaired) electrons. The molecular formula is C17H20Cl3N3O. The van der Waals surface area contributed by atoms with Crippen molar-refractivity contribution >= 4 is 53.2 Å². The fourth-order valence-electron chi connectivity index (χ4n) is 3.66. The van der Waals surface area contributed by atoms with E-state index in [0.717, 1.165) is 43.3 Å². The Hall–Kier alpha value is -1.07. The maximum absolute atomic E-state index is 12.9. The van der Waals surface area contributed by atoms with E-state index in [1.165, 1.54) is 0 Å². The van der Waals surface area contributed by atoms with Gasteiger partial charge >= 0.3 is 0 Å². The van der Waals surface area contributed by atoms with Gasteiger partial charge in [0, 0.05) is 29.0 Å². The van der Waals surface area contributed by atoms with Crippen LogP contribution in [0, 0.1) is 0 Å². The third-order valence-corrected chi connectivity index (χ3v) is 5.00. The largest absolute Gasteiger partial charge is 0.330 e. The molecular weight excluding hydrogens is 369 g/mol. The summed E-state index contributed by atoms with van der Waals surface area (Å²) in [4.78, 5) is 19.5. The van der Waals surface area contributed by atoms with Crippen molar-refractivity contribution in [2.45, 2.75) is 31.3 Å². The fraction of sp³-hybridized carbons (Fsp3) is 0.412. The van der Waals surface area contributed by atoms with Crippen LogP contribution in [0.25, 0.3) is 10.9 Å². The van der Waals surface area contributed by atoms with Gasteiger partial charge in [0.25, 0.3) is 5.91 Å². The molecule has 2 atom stereocenters. The molecule has 1 aromatic heterocycles. The molecule has 24 heavy (non-hydrogen) atoms. The number of carbonyl (C=O) groups excluding carboxylic acids is 1. The molecule has 4 rings (SSSR count). The van der Waals surface area contributed by atoms with E-state index in [1.807, 2.05) is 30.3 Å². The van der Waals surface area contributed by atoms with Crippen LogP contribution in [0.3, 0.4) is 0 Å². The lowest BCUT2D eigenvalue weighted by Crippen LogP contribution is -2.42. The number of pyridine rings is 1. The smallest absolute Gasteiger partial charge is 0.273 e. The Morgan fingerprint density at radius 2 is 1.88 bits per heavy atom. The first-order valence-electron chi connectivity index (χ1n) is 7.82. The Balaban J connectivity index is 0.00000104. The fourth-order valence-corrected chi connectivity index (χ4v) is 3.82. The molecule has 2 unspecified atom stereocenters. The average molecular weight is 389 g/mol. The Kier molecular flexibility index (Phi) is 6.32. The summed E-state index contributed by atoms with van der Waals surface area (Å²) in [7, 11) is 0. The summed E-state index contributed by atoms with van der Waals surface area (Å²) in [6.45, 7) is 1.88. The zero-order chi connectivity index (χ0) is 15.1. The van der Waals surface area contributed by atoms with Gasteiger partial charge in [0.1, 0.15) is 5.69 Å². The van der Waals surface area contributed by atoms with Crippen molar-refractivity contribution in [3.8, 4) is 0 Å². The molecule has 0 aliphatic carbocycles. The van der Waals surface area contributed by atoms with Gasteiger partial charge in [-0.25, -0.2) is 4.98 Å². The third kappa shape index (κ3) is 3.47. The van der Waals surface area contributed by atoms with Gasteiger partial charge in [0.2, 0.25) is 0 Å². The van der Waals surface area contributed by atoms with Crippen LogP contribution in [0.4, 0.5) is 0 Å². The normalized spacial score (nSPS) is 22.5. The van der Waals surface area contributed by atoms with Crippen LogP contribution in [0.15, 0.2) is 30.3 Å². The van der Waals surface area contributed by atoms with E-state index in [1.54, 1.807) is 0 Å². The minimum absolute atomic E-state index is 0. The average Bonchev–Trinajstić information content (AvgIpc) is 2.78. The van der Waals surface area contributed by atoms with Crippen molar-refractivity contribution < 1.29 is 4.79 Å². The number of rotatable bonds is 1. The summed E-state index contributed by atoms with van der Waals surface area (Å²) < 4.78 is 0. The number of nitrogens with zero attached hydrogens (tertiary/aromatic N) is 2. The van der Waals surface area contributed by atoms with Gasteiger partial charge in [-0.1, -0.05) is 23.7 Å². The van der Waals surface area contributed by atoms with Gasteiger partial charge in [-0.2, -0.15) is 0 Å². The SMILES string of the molecule is Cl.Cl.O=C(c1ccc2ccc(Cl)cc2n1)N1C2CCNCC1CC2. The molecule has 0 saturated carbocycles. The Labute approximate surface area is 158 Å². The summed E-state index contributed by atoms with van der Waals surface area (Å²) in [5, 5.41) is 5.06. The lowest BCUT2D eigenvalue weighted by molar-refractivity contribution is 0.0674. The molecule has 2 aliphatic heterocycles. The monoisotopic (exact) mass is 387 g/mol. The van der Waals surface area contributed by atoms with E-state index in [9.17, 15) is 4.79 Å². The van der Waals surface area contributed by atoms with Crippen LogP contribution in [-0.4, -0.2) is 41.0 Å². The van der Waals surface area contributed by atoms with Crippen LogP contribution in [0.2, 0.25) is 5.02 Å².